The van der Waals surface area contributed by atoms with Gasteiger partial charge in [-0.05, 0) is 43.9 Å². The number of hydrogen-bond donors (Lipinski definition) is 6. The van der Waals surface area contributed by atoms with Crippen molar-refractivity contribution in [3.05, 3.63) is 57.3 Å². The summed E-state index contributed by atoms with van der Waals surface area (Å²) >= 11 is 0. The van der Waals surface area contributed by atoms with E-state index in [-0.39, 0.29) is 54.5 Å². The van der Waals surface area contributed by atoms with Crippen LogP contribution in [0.1, 0.15) is 43.7 Å². The SMILES string of the molecule is CNC(=O)C(CCC=O)n1c(=O)n(C)c2c(CCCCN3CC(N=CC(=C\N)/C(C=N)=C(\N)C4=NCC(C(=O)NC5CC5F)N4)C3)cccc21. The fraction of sp³-hybridized carbons (Fsp3) is 0.500. The molecule has 8 N–H and O–H groups in total. The molecule has 50 heavy (non-hydrogen) atoms. The molecular formula is C34H46FN11O4. The normalized spacial score (nSPS) is 22.0. The van der Waals surface area contributed by atoms with Crippen molar-refractivity contribution in [2.24, 2.45) is 28.5 Å². The number of aliphatic imine (C=N–C) groups is 2. The number of aromatic nitrogens is 2. The van der Waals surface area contributed by atoms with E-state index in [1.807, 2.05) is 18.2 Å². The molecule has 4 atom stereocenters. The van der Waals surface area contributed by atoms with Crippen LogP contribution in [0.25, 0.3) is 11.0 Å². The second-order valence-corrected chi connectivity index (χ2v) is 12.9. The van der Waals surface area contributed by atoms with Crippen molar-refractivity contribution in [1.82, 2.24) is 30.0 Å². The summed E-state index contributed by atoms with van der Waals surface area (Å²) in [6, 6.07) is 3.92. The number of nitrogens with two attached hydrogens (primary N) is 2. The Bertz CT molecular complexity index is 1800. The molecule has 5 rings (SSSR count). The fourth-order valence-corrected chi connectivity index (χ4v) is 6.44. The molecule has 0 spiro atoms. The maximum atomic E-state index is 13.3. The monoisotopic (exact) mass is 691 g/mol. The lowest BCUT2D eigenvalue weighted by atomic mass is 10.0. The molecule has 0 radical (unpaired) electrons. The first-order chi connectivity index (χ1) is 24.1. The van der Waals surface area contributed by atoms with Crippen molar-refractivity contribution >= 4 is 47.4 Å². The van der Waals surface area contributed by atoms with Crippen molar-refractivity contribution in [3.63, 3.8) is 0 Å². The number of imidazole rings is 1. The van der Waals surface area contributed by atoms with Gasteiger partial charge in [-0.15, -0.1) is 0 Å². The van der Waals surface area contributed by atoms with Gasteiger partial charge in [0.2, 0.25) is 11.8 Å². The summed E-state index contributed by atoms with van der Waals surface area (Å²) in [7, 11) is 3.23. The van der Waals surface area contributed by atoms with E-state index in [1.54, 1.807) is 17.8 Å². The Morgan fingerprint density at radius 3 is 2.70 bits per heavy atom. The van der Waals surface area contributed by atoms with Crippen molar-refractivity contribution < 1.29 is 18.8 Å². The van der Waals surface area contributed by atoms with E-state index < -0.39 is 24.3 Å². The van der Waals surface area contributed by atoms with Gasteiger partial charge in [-0.25, -0.2) is 9.18 Å². The van der Waals surface area contributed by atoms with Gasteiger partial charge in [0.15, 0.2) is 0 Å². The molecule has 16 heteroatoms. The Kier molecular flexibility index (Phi) is 11.6. The van der Waals surface area contributed by atoms with Crippen LogP contribution in [0.2, 0.25) is 0 Å². The lowest BCUT2D eigenvalue weighted by Gasteiger charge is -2.36. The van der Waals surface area contributed by atoms with E-state index in [1.165, 1.54) is 17.8 Å². The molecule has 2 aromatic rings. The average molecular weight is 692 g/mol. The smallest absolute Gasteiger partial charge is 0.329 e. The highest BCUT2D eigenvalue weighted by Crippen LogP contribution is 2.26. The molecule has 1 aromatic carbocycles. The van der Waals surface area contributed by atoms with Crippen molar-refractivity contribution in [1.29, 1.82) is 5.41 Å². The van der Waals surface area contributed by atoms with Gasteiger partial charge in [0.05, 0.1) is 35.4 Å². The van der Waals surface area contributed by atoms with E-state index in [0.717, 1.165) is 62.5 Å². The maximum Gasteiger partial charge on any atom is 0.329 e. The van der Waals surface area contributed by atoms with Crippen LogP contribution in [0.4, 0.5) is 4.39 Å². The first-order valence-corrected chi connectivity index (χ1v) is 16.9. The Morgan fingerprint density at radius 2 is 2.04 bits per heavy atom. The molecule has 0 bridgehead atoms. The zero-order valence-corrected chi connectivity index (χ0v) is 28.4. The second-order valence-electron chi connectivity index (χ2n) is 12.9. The van der Waals surface area contributed by atoms with Crippen LogP contribution < -0.4 is 33.1 Å². The Hall–Kier alpha value is -5.12. The largest absolute Gasteiger partial charge is 0.404 e. The number of halogens is 1. The number of amidine groups is 1. The third kappa shape index (κ3) is 7.85. The number of rotatable bonds is 17. The highest BCUT2D eigenvalue weighted by atomic mass is 19.1. The number of likely N-dealkylation sites (N-methyl/N-ethyl adjacent to an activating group) is 1. The Morgan fingerprint density at radius 1 is 1.28 bits per heavy atom. The molecule has 15 nitrogen and oxygen atoms in total. The highest BCUT2D eigenvalue weighted by molar-refractivity contribution is 6.10. The average Bonchev–Trinajstić information content (AvgIpc) is 3.46. The maximum absolute atomic E-state index is 13.3. The third-order valence-electron chi connectivity index (χ3n) is 9.42. The number of aryl methyl sites for hydroxylation is 2. The van der Waals surface area contributed by atoms with Crippen LogP contribution in [0, 0.1) is 5.41 Å². The van der Waals surface area contributed by atoms with Gasteiger partial charge in [0.1, 0.15) is 30.4 Å². The number of alkyl halides is 1. The fourth-order valence-electron chi connectivity index (χ4n) is 6.44. The van der Waals surface area contributed by atoms with E-state index in [4.69, 9.17) is 16.9 Å². The zero-order valence-electron chi connectivity index (χ0n) is 28.4. The summed E-state index contributed by atoms with van der Waals surface area (Å²) < 4.78 is 16.3. The number of likely N-dealkylation sites (tertiary alicyclic amines) is 1. The number of carbonyl (C=O) groups is 3. The van der Waals surface area contributed by atoms with Crippen molar-refractivity contribution in [2.75, 3.05) is 33.2 Å². The number of amides is 2. The number of carbonyl (C=O) groups excluding carboxylic acids is 3. The Labute approximate surface area is 289 Å². The number of aldehydes is 1. The number of nitrogens with zero attached hydrogens (tertiary/aromatic N) is 5. The molecule has 3 heterocycles. The minimum absolute atomic E-state index is 0.0606. The van der Waals surface area contributed by atoms with Crippen molar-refractivity contribution in [3.8, 4) is 0 Å². The molecule has 1 saturated carbocycles. The van der Waals surface area contributed by atoms with Crippen LogP contribution in [0.5, 0.6) is 0 Å². The number of para-hydroxylation sites is 1. The molecule has 2 fully saturated rings. The molecule has 2 aliphatic heterocycles. The van der Waals surface area contributed by atoms with E-state index >= 15 is 0 Å². The molecular weight excluding hydrogens is 645 g/mol. The summed E-state index contributed by atoms with van der Waals surface area (Å²) in [6.07, 6.45) is 7.10. The standard InChI is InChI=1S/C34H46FN11O4/c1-39-33(49)28(10-6-12-47)46-27-9-5-8-20(30(27)44(2)34(46)50)7-3-4-11-45-18-22(19-45)40-16-21(14-36)23(15-37)29(38)31-41-17-26(42-31)32(48)43-25-13-24(25)35/h5,8-9,12,14-16,22,24-26,28,37H,3-4,6-7,10-11,13,17-19,36,38H2,1-2H3,(H,39,49)(H,41,42)(H,43,48)/b21-14+,29-23-,37-15?,40-16?. The first-order valence-electron chi connectivity index (χ1n) is 16.9. The molecule has 3 aliphatic rings. The molecule has 1 aromatic heterocycles. The summed E-state index contributed by atoms with van der Waals surface area (Å²) in [6.45, 7) is 2.58. The number of allylic oxidation sites excluding steroid dienone is 2. The Balaban J connectivity index is 1.11. The highest BCUT2D eigenvalue weighted by Gasteiger charge is 2.40. The summed E-state index contributed by atoms with van der Waals surface area (Å²) in [5.74, 6) is -0.378. The second kappa shape index (κ2) is 16.1. The van der Waals surface area contributed by atoms with Gasteiger partial charge in [0, 0.05) is 69.8 Å². The van der Waals surface area contributed by atoms with Gasteiger partial charge in [-0.3, -0.25) is 33.6 Å². The van der Waals surface area contributed by atoms with Crippen LogP contribution in [-0.4, -0.2) is 108 Å². The number of nitrogens with one attached hydrogen (secondary N) is 4. The van der Waals surface area contributed by atoms with Crippen LogP contribution in [-0.2, 0) is 27.9 Å². The summed E-state index contributed by atoms with van der Waals surface area (Å²) in [5, 5.41) is 16.2. The predicted molar refractivity (Wildman–Crippen MR) is 190 cm³/mol. The molecule has 1 saturated heterocycles. The molecule has 2 amide bonds. The number of unbranched alkanes of at least 4 members (excludes halogenated alkanes) is 1. The van der Waals surface area contributed by atoms with Gasteiger partial charge >= 0.3 is 5.69 Å². The minimum atomic E-state index is -1.00. The lowest BCUT2D eigenvalue weighted by Crippen LogP contribution is -2.50. The third-order valence-corrected chi connectivity index (χ3v) is 9.42. The number of hydrogen-bond acceptors (Lipinski definition) is 11. The molecule has 1 aliphatic carbocycles. The van der Waals surface area contributed by atoms with Gasteiger partial charge in [-0.2, -0.15) is 0 Å². The molecule has 268 valence electrons. The van der Waals surface area contributed by atoms with E-state index in [0.29, 0.717) is 23.1 Å². The van der Waals surface area contributed by atoms with Gasteiger partial charge in [-0.1, -0.05) is 12.1 Å². The predicted octanol–water partition coefficient (Wildman–Crippen LogP) is -0.0142. The van der Waals surface area contributed by atoms with Gasteiger partial charge < -0.3 is 37.6 Å². The van der Waals surface area contributed by atoms with Crippen LogP contribution in [0.15, 0.2) is 56.0 Å². The topological polar surface area (TPSA) is 218 Å². The van der Waals surface area contributed by atoms with Crippen LogP contribution in [0.3, 0.4) is 0 Å². The number of benzene rings is 1. The van der Waals surface area contributed by atoms with E-state index in [9.17, 15) is 23.6 Å². The van der Waals surface area contributed by atoms with E-state index in [2.05, 4.69) is 30.8 Å². The van der Waals surface area contributed by atoms with Crippen molar-refractivity contribution in [2.45, 2.75) is 68.9 Å². The minimum Gasteiger partial charge on any atom is -0.404 e. The van der Waals surface area contributed by atoms with Gasteiger partial charge in [0.25, 0.3) is 0 Å². The zero-order chi connectivity index (χ0) is 35.9. The molecule has 4 unspecified atom stereocenters. The lowest BCUT2D eigenvalue weighted by molar-refractivity contribution is -0.124. The first kappa shape index (κ1) is 36.2. The quantitative estimate of drug-likeness (QED) is 0.0572. The summed E-state index contributed by atoms with van der Waals surface area (Å²) in [4.78, 5) is 60.6. The summed E-state index contributed by atoms with van der Waals surface area (Å²) in [5.41, 5.74) is 15.3. The van der Waals surface area contributed by atoms with Crippen LogP contribution >= 0.6 is 0 Å². The number of fused-ring (bicyclic) bond motifs is 1.